The molecule has 0 saturated carbocycles. The molecule has 0 radical (unpaired) electrons. The predicted octanol–water partition coefficient (Wildman–Crippen LogP) is 2.08. The fraction of sp³-hybridized carbons (Fsp3) is 0.200. The second-order valence-corrected chi connectivity index (χ2v) is 6.60. The van der Waals surface area contributed by atoms with Gasteiger partial charge in [0.05, 0.1) is 6.54 Å². The van der Waals surface area contributed by atoms with Crippen molar-refractivity contribution in [3.8, 4) is 11.5 Å². The van der Waals surface area contributed by atoms with Gasteiger partial charge in [0.25, 0.3) is 0 Å². The Morgan fingerprint density at radius 2 is 1.70 bits per heavy atom. The molecule has 122 valence electrons. The molecule has 1 unspecified atom stereocenters. The molecular weight excluding hydrogens is 328 g/mol. The van der Waals surface area contributed by atoms with E-state index in [-0.39, 0.29) is 13.2 Å². The van der Waals surface area contributed by atoms with Crippen LogP contribution in [0.2, 0.25) is 0 Å². The van der Waals surface area contributed by atoms with E-state index < -0.39 is 32.7 Å². The van der Waals surface area contributed by atoms with Crippen LogP contribution in [0.15, 0.2) is 47.4 Å². The summed E-state index contributed by atoms with van der Waals surface area (Å²) in [4.78, 5) is -1.00. The molecule has 8 heteroatoms. The summed E-state index contributed by atoms with van der Waals surface area (Å²) in [5, 5.41) is 0. The van der Waals surface area contributed by atoms with Crippen molar-refractivity contribution >= 4 is 10.0 Å². The highest BCUT2D eigenvalue weighted by Crippen LogP contribution is 2.30. The van der Waals surface area contributed by atoms with E-state index in [4.69, 9.17) is 9.47 Å². The van der Waals surface area contributed by atoms with Crippen LogP contribution in [0.1, 0.15) is 0 Å². The monoisotopic (exact) mass is 341 g/mol. The molecule has 1 N–H and O–H groups in total. The summed E-state index contributed by atoms with van der Waals surface area (Å²) >= 11 is 0. The largest absolute Gasteiger partial charge is 0.486 e. The minimum Gasteiger partial charge on any atom is -0.486 e. The molecule has 0 spiro atoms. The first-order valence-electron chi connectivity index (χ1n) is 6.79. The van der Waals surface area contributed by atoms with Crippen molar-refractivity contribution in [2.75, 3.05) is 13.2 Å². The zero-order valence-electron chi connectivity index (χ0n) is 11.8. The third-order valence-corrected chi connectivity index (χ3v) is 4.73. The average molecular weight is 341 g/mol. The highest BCUT2D eigenvalue weighted by molar-refractivity contribution is 7.89. The number of hydrogen-bond acceptors (Lipinski definition) is 4. The van der Waals surface area contributed by atoms with Gasteiger partial charge in [-0.2, -0.15) is 0 Å². The van der Waals surface area contributed by atoms with Gasteiger partial charge in [-0.1, -0.05) is 18.2 Å². The van der Waals surface area contributed by atoms with Crippen LogP contribution in [0.25, 0.3) is 0 Å². The molecule has 2 aromatic carbocycles. The molecule has 0 saturated heterocycles. The van der Waals surface area contributed by atoms with E-state index >= 15 is 0 Å². The molecule has 0 aliphatic carbocycles. The Hall–Kier alpha value is -2.19. The second kappa shape index (κ2) is 6.13. The molecule has 0 fully saturated rings. The first kappa shape index (κ1) is 15.7. The molecule has 2 aromatic rings. The van der Waals surface area contributed by atoms with E-state index in [1.54, 1.807) is 24.3 Å². The summed E-state index contributed by atoms with van der Waals surface area (Å²) in [5.41, 5.74) is 0. The molecule has 3 rings (SSSR count). The normalized spacial score (nSPS) is 17.0. The molecule has 0 bridgehead atoms. The molecule has 0 amide bonds. The van der Waals surface area contributed by atoms with E-state index in [1.165, 1.54) is 0 Å². The fourth-order valence-corrected chi connectivity index (χ4v) is 3.38. The smallest absolute Gasteiger partial charge is 0.246 e. The lowest BCUT2D eigenvalue weighted by atomic mass is 10.2. The Morgan fingerprint density at radius 1 is 1.04 bits per heavy atom. The van der Waals surface area contributed by atoms with E-state index in [2.05, 4.69) is 4.72 Å². The average Bonchev–Trinajstić information content (AvgIpc) is 2.52. The lowest BCUT2D eigenvalue weighted by Crippen LogP contribution is -2.41. The minimum absolute atomic E-state index is 0.124. The van der Waals surface area contributed by atoms with E-state index in [0.717, 1.165) is 18.2 Å². The Labute approximate surface area is 131 Å². The van der Waals surface area contributed by atoms with Crippen molar-refractivity contribution in [3.05, 3.63) is 54.1 Å². The van der Waals surface area contributed by atoms with Crippen LogP contribution in [0.4, 0.5) is 8.78 Å². The maximum Gasteiger partial charge on any atom is 0.246 e. The number of rotatable bonds is 4. The number of para-hydroxylation sites is 2. The van der Waals surface area contributed by atoms with E-state index in [1.807, 2.05) is 0 Å². The first-order valence-corrected chi connectivity index (χ1v) is 8.28. The summed E-state index contributed by atoms with van der Waals surface area (Å²) in [6, 6.07) is 9.81. The molecule has 23 heavy (non-hydrogen) atoms. The van der Waals surface area contributed by atoms with Gasteiger partial charge in [-0.15, -0.1) is 0 Å². The number of nitrogens with one attached hydrogen (secondary N) is 1. The molecule has 5 nitrogen and oxygen atoms in total. The zero-order chi connectivity index (χ0) is 16.4. The lowest BCUT2D eigenvalue weighted by Gasteiger charge is -2.26. The van der Waals surface area contributed by atoms with E-state index in [9.17, 15) is 17.2 Å². The molecule has 0 aromatic heterocycles. The van der Waals surface area contributed by atoms with Gasteiger partial charge < -0.3 is 9.47 Å². The topological polar surface area (TPSA) is 64.6 Å². The van der Waals surface area contributed by atoms with Crippen molar-refractivity contribution < 1.29 is 26.7 Å². The number of hydrogen-bond donors (Lipinski definition) is 1. The molecular formula is C15H13F2NO4S. The zero-order valence-corrected chi connectivity index (χ0v) is 12.6. The van der Waals surface area contributed by atoms with Gasteiger partial charge in [0.2, 0.25) is 10.0 Å². The van der Waals surface area contributed by atoms with Crippen molar-refractivity contribution in [1.82, 2.24) is 4.72 Å². The Bertz CT molecular complexity index is 806. The van der Waals surface area contributed by atoms with Gasteiger partial charge in [0.1, 0.15) is 24.3 Å². The molecule has 1 heterocycles. The van der Waals surface area contributed by atoms with Crippen molar-refractivity contribution in [2.24, 2.45) is 0 Å². The Balaban J connectivity index is 1.71. The highest BCUT2D eigenvalue weighted by Gasteiger charge is 2.27. The standard InChI is InChI=1S/C15H13F2NO4S/c16-11-4-3-5-12(17)15(11)23(19,20)18-8-10-9-21-13-6-1-2-7-14(13)22-10/h1-7,10,18H,8-9H2. The van der Waals surface area contributed by atoms with Crippen LogP contribution < -0.4 is 14.2 Å². The maximum absolute atomic E-state index is 13.6. The van der Waals surface area contributed by atoms with Crippen LogP contribution in [0.5, 0.6) is 11.5 Å². The summed E-state index contributed by atoms with van der Waals surface area (Å²) in [7, 11) is -4.33. The van der Waals surface area contributed by atoms with Crippen LogP contribution in [-0.2, 0) is 10.0 Å². The van der Waals surface area contributed by atoms with E-state index in [0.29, 0.717) is 11.5 Å². The number of ether oxygens (including phenoxy) is 2. The molecule has 1 aliphatic heterocycles. The predicted molar refractivity (Wildman–Crippen MR) is 77.9 cm³/mol. The van der Waals surface area contributed by atoms with Gasteiger partial charge >= 0.3 is 0 Å². The number of benzene rings is 2. The SMILES string of the molecule is O=S(=O)(NCC1COc2ccccc2O1)c1c(F)cccc1F. The van der Waals surface area contributed by atoms with Gasteiger partial charge in [0, 0.05) is 0 Å². The van der Waals surface area contributed by atoms with Gasteiger partial charge in [-0.3, -0.25) is 0 Å². The van der Waals surface area contributed by atoms with Crippen molar-refractivity contribution in [2.45, 2.75) is 11.0 Å². The molecule has 1 aliphatic rings. The summed E-state index contributed by atoms with van der Waals surface area (Å²) in [5.74, 6) is -1.25. The third kappa shape index (κ3) is 3.27. The number of sulfonamides is 1. The number of halogens is 2. The third-order valence-electron chi connectivity index (χ3n) is 3.26. The second-order valence-electron chi connectivity index (χ2n) is 4.90. The van der Waals surface area contributed by atoms with Crippen LogP contribution in [0.3, 0.4) is 0 Å². The minimum atomic E-state index is -4.33. The van der Waals surface area contributed by atoms with Gasteiger partial charge in [-0.05, 0) is 24.3 Å². The van der Waals surface area contributed by atoms with Crippen LogP contribution >= 0.6 is 0 Å². The lowest BCUT2D eigenvalue weighted by molar-refractivity contribution is 0.0943. The maximum atomic E-state index is 13.6. The van der Waals surface area contributed by atoms with Crippen LogP contribution in [-0.4, -0.2) is 27.7 Å². The Morgan fingerprint density at radius 3 is 2.39 bits per heavy atom. The highest BCUT2D eigenvalue weighted by atomic mass is 32.2. The Kier molecular flexibility index (Phi) is 4.18. The van der Waals surface area contributed by atoms with Gasteiger partial charge in [0.15, 0.2) is 16.4 Å². The summed E-state index contributed by atoms with van der Waals surface area (Å²) in [6.07, 6.45) is -0.602. The quantitative estimate of drug-likeness (QED) is 0.925. The molecule has 1 atom stereocenters. The summed E-state index contributed by atoms with van der Waals surface area (Å²) < 4.78 is 64.5. The van der Waals surface area contributed by atoms with Crippen LogP contribution in [0, 0.1) is 11.6 Å². The number of fused-ring (bicyclic) bond motifs is 1. The first-order chi connectivity index (χ1) is 11.0. The summed E-state index contributed by atoms with van der Waals surface area (Å²) in [6.45, 7) is -0.0519. The van der Waals surface area contributed by atoms with Crippen molar-refractivity contribution in [1.29, 1.82) is 0 Å². The van der Waals surface area contributed by atoms with Crippen molar-refractivity contribution in [3.63, 3.8) is 0 Å². The fourth-order valence-electron chi connectivity index (χ4n) is 2.18. The van der Waals surface area contributed by atoms with Gasteiger partial charge in [-0.25, -0.2) is 21.9 Å².